The highest BCUT2D eigenvalue weighted by Gasteiger charge is 2.36. The van der Waals surface area contributed by atoms with E-state index < -0.39 is 17.5 Å². The zero-order valence-corrected chi connectivity index (χ0v) is 12.4. The minimum atomic E-state index is -0.614. The molecule has 0 bridgehead atoms. The number of anilines is 1. The van der Waals surface area contributed by atoms with Gasteiger partial charge >= 0.3 is 0 Å². The Morgan fingerprint density at radius 2 is 1.90 bits per heavy atom. The molecule has 106 valence electrons. The number of amides is 1. The van der Waals surface area contributed by atoms with Gasteiger partial charge in [-0.05, 0) is 52.2 Å². The van der Waals surface area contributed by atoms with Gasteiger partial charge in [0.1, 0.15) is 5.82 Å². The fourth-order valence-electron chi connectivity index (χ4n) is 2.30. The molecule has 4 nitrogen and oxygen atoms in total. The molecule has 0 radical (unpaired) electrons. The smallest absolute Gasteiger partial charge is 0.299 e. The van der Waals surface area contributed by atoms with E-state index in [0.717, 1.165) is 5.56 Å². The fourth-order valence-corrected chi connectivity index (χ4v) is 2.64. The highest BCUT2D eigenvalue weighted by atomic mass is 79.9. The van der Waals surface area contributed by atoms with Crippen molar-refractivity contribution >= 4 is 33.3 Å². The van der Waals surface area contributed by atoms with E-state index in [1.165, 1.54) is 17.0 Å². The quantitative estimate of drug-likeness (QED) is 0.801. The van der Waals surface area contributed by atoms with Crippen LogP contribution in [0.25, 0.3) is 0 Å². The van der Waals surface area contributed by atoms with Crippen LogP contribution < -0.4 is 4.90 Å². The van der Waals surface area contributed by atoms with Gasteiger partial charge in [0, 0.05) is 18.9 Å². The van der Waals surface area contributed by atoms with E-state index >= 15 is 0 Å². The number of hydrogen-bond donors (Lipinski definition) is 0. The minimum absolute atomic E-state index is 0.179. The number of ketones is 1. The number of hydrogen-bond acceptors (Lipinski definition) is 3. The Balaban J connectivity index is 1.89. The molecule has 1 amide bonds. The van der Waals surface area contributed by atoms with Gasteiger partial charge < -0.3 is 4.90 Å². The molecule has 1 aromatic heterocycles. The standard InChI is InChI=1S/C15H10BrFN2O2/c16-11-7-10-13(8-12(11)17)19(15(21)14(10)20)6-3-9-1-4-18-5-2-9/h1-2,4-5,7-8H,3,6H2. The lowest BCUT2D eigenvalue weighted by molar-refractivity contribution is -0.114. The predicted molar refractivity (Wildman–Crippen MR) is 78.7 cm³/mol. The summed E-state index contributed by atoms with van der Waals surface area (Å²) in [6.45, 7) is 0.322. The second-order valence-electron chi connectivity index (χ2n) is 4.67. The number of carbonyl (C=O) groups is 2. The SMILES string of the molecule is O=C1C(=O)N(CCc2ccncc2)c2cc(F)c(Br)cc21. The normalized spacial score (nSPS) is 13.7. The van der Waals surface area contributed by atoms with Crippen molar-refractivity contribution in [2.24, 2.45) is 0 Å². The zero-order chi connectivity index (χ0) is 15.0. The maximum absolute atomic E-state index is 13.7. The number of halogens is 2. The molecule has 0 atom stereocenters. The van der Waals surface area contributed by atoms with Gasteiger partial charge in [-0.15, -0.1) is 0 Å². The van der Waals surface area contributed by atoms with E-state index in [0.29, 0.717) is 18.7 Å². The lowest BCUT2D eigenvalue weighted by atomic mass is 10.1. The Hall–Kier alpha value is -2.08. The van der Waals surface area contributed by atoms with Crippen molar-refractivity contribution in [2.45, 2.75) is 6.42 Å². The lowest BCUT2D eigenvalue weighted by Crippen LogP contribution is -2.31. The summed E-state index contributed by atoms with van der Waals surface area (Å²) >= 11 is 3.03. The summed E-state index contributed by atoms with van der Waals surface area (Å²) in [4.78, 5) is 29.2. The van der Waals surface area contributed by atoms with E-state index in [9.17, 15) is 14.0 Å². The monoisotopic (exact) mass is 348 g/mol. The molecule has 0 N–H and O–H groups in total. The van der Waals surface area contributed by atoms with Crippen molar-refractivity contribution in [1.82, 2.24) is 4.98 Å². The molecule has 0 aliphatic carbocycles. The molecule has 2 aromatic rings. The Bertz CT molecular complexity index is 734. The number of benzene rings is 1. The first kappa shape index (κ1) is 13.9. The van der Waals surface area contributed by atoms with Crippen LogP contribution in [-0.4, -0.2) is 23.2 Å². The van der Waals surface area contributed by atoms with E-state index in [-0.39, 0.29) is 10.0 Å². The Kier molecular flexibility index (Phi) is 3.55. The van der Waals surface area contributed by atoms with E-state index in [2.05, 4.69) is 20.9 Å². The van der Waals surface area contributed by atoms with Crippen molar-refractivity contribution in [1.29, 1.82) is 0 Å². The molecule has 21 heavy (non-hydrogen) atoms. The van der Waals surface area contributed by atoms with Crippen LogP contribution in [0.1, 0.15) is 15.9 Å². The molecule has 3 rings (SSSR count). The van der Waals surface area contributed by atoms with Gasteiger partial charge in [0.15, 0.2) is 0 Å². The summed E-state index contributed by atoms with van der Waals surface area (Å²) in [6, 6.07) is 6.25. The molecule has 6 heteroatoms. The predicted octanol–water partition coefficient (Wildman–Crippen LogP) is 2.76. The molecule has 2 heterocycles. The van der Waals surface area contributed by atoms with Crippen molar-refractivity contribution in [3.8, 4) is 0 Å². The highest BCUT2D eigenvalue weighted by Crippen LogP contribution is 2.33. The third kappa shape index (κ3) is 2.47. The zero-order valence-electron chi connectivity index (χ0n) is 10.8. The molecule has 0 spiro atoms. The molecule has 0 unspecified atom stereocenters. The number of rotatable bonds is 3. The minimum Gasteiger partial charge on any atom is -0.304 e. The average molecular weight is 349 g/mol. The number of Topliss-reactive ketones (excluding diaryl/α,β-unsaturated/α-hetero) is 1. The largest absolute Gasteiger partial charge is 0.304 e. The van der Waals surface area contributed by atoms with Gasteiger partial charge in [-0.3, -0.25) is 14.6 Å². The third-order valence-electron chi connectivity index (χ3n) is 3.39. The first-order valence-corrected chi connectivity index (χ1v) is 7.11. The van der Waals surface area contributed by atoms with Crippen LogP contribution >= 0.6 is 15.9 Å². The topological polar surface area (TPSA) is 50.3 Å². The average Bonchev–Trinajstić information content (AvgIpc) is 2.71. The van der Waals surface area contributed by atoms with Gasteiger partial charge in [-0.2, -0.15) is 0 Å². The van der Waals surface area contributed by atoms with E-state index in [1.807, 2.05) is 12.1 Å². The molecule has 0 saturated heterocycles. The fraction of sp³-hybridized carbons (Fsp3) is 0.133. The van der Waals surface area contributed by atoms with Crippen LogP contribution in [0.3, 0.4) is 0 Å². The second-order valence-corrected chi connectivity index (χ2v) is 5.53. The number of nitrogens with zero attached hydrogens (tertiary/aromatic N) is 2. The molecule has 1 aliphatic heterocycles. The first-order valence-electron chi connectivity index (χ1n) is 6.32. The highest BCUT2D eigenvalue weighted by molar-refractivity contribution is 9.10. The molecule has 1 aromatic carbocycles. The lowest BCUT2D eigenvalue weighted by Gasteiger charge is -2.16. The Morgan fingerprint density at radius 1 is 1.19 bits per heavy atom. The molecular weight excluding hydrogens is 339 g/mol. The molecule has 0 fully saturated rings. The van der Waals surface area contributed by atoms with Crippen molar-refractivity contribution in [2.75, 3.05) is 11.4 Å². The van der Waals surface area contributed by atoms with Crippen molar-refractivity contribution < 1.29 is 14.0 Å². The van der Waals surface area contributed by atoms with Gasteiger partial charge in [0.25, 0.3) is 11.7 Å². The molecular formula is C15H10BrFN2O2. The Morgan fingerprint density at radius 3 is 2.62 bits per heavy atom. The van der Waals surface area contributed by atoms with Crippen LogP contribution in [0.5, 0.6) is 0 Å². The number of aromatic nitrogens is 1. The maximum Gasteiger partial charge on any atom is 0.299 e. The van der Waals surface area contributed by atoms with Crippen molar-refractivity contribution in [3.05, 3.63) is 58.1 Å². The first-order chi connectivity index (χ1) is 10.1. The van der Waals surface area contributed by atoms with Gasteiger partial charge in [-0.1, -0.05) is 0 Å². The summed E-state index contributed by atoms with van der Waals surface area (Å²) in [5.74, 6) is -1.71. The summed E-state index contributed by atoms with van der Waals surface area (Å²) in [5, 5.41) is 0. The van der Waals surface area contributed by atoms with Crippen LogP contribution in [-0.2, 0) is 11.2 Å². The third-order valence-corrected chi connectivity index (χ3v) is 3.99. The number of fused-ring (bicyclic) bond motifs is 1. The van der Waals surface area contributed by atoms with Gasteiger partial charge in [0.05, 0.1) is 15.7 Å². The van der Waals surface area contributed by atoms with E-state index in [4.69, 9.17) is 0 Å². The summed E-state index contributed by atoms with van der Waals surface area (Å²) in [5.41, 5.74) is 1.57. The van der Waals surface area contributed by atoms with Crippen LogP contribution in [0.2, 0.25) is 0 Å². The molecule has 1 aliphatic rings. The van der Waals surface area contributed by atoms with Crippen molar-refractivity contribution in [3.63, 3.8) is 0 Å². The van der Waals surface area contributed by atoms with Gasteiger partial charge in [0.2, 0.25) is 0 Å². The van der Waals surface area contributed by atoms with Gasteiger partial charge in [-0.25, -0.2) is 4.39 Å². The summed E-state index contributed by atoms with van der Waals surface area (Å²) in [6.07, 6.45) is 3.90. The maximum atomic E-state index is 13.7. The van der Waals surface area contributed by atoms with E-state index in [1.54, 1.807) is 12.4 Å². The summed E-state index contributed by atoms with van der Waals surface area (Å²) in [7, 11) is 0. The molecule has 0 saturated carbocycles. The Labute approximate surface area is 128 Å². The van der Waals surface area contributed by atoms with Crippen LogP contribution in [0, 0.1) is 5.82 Å². The number of carbonyl (C=O) groups excluding carboxylic acids is 2. The van der Waals surface area contributed by atoms with Crippen LogP contribution in [0.15, 0.2) is 41.1 Å². The number of pyridine rings is 1. The van der Waals surface area contributed by atoms with Crippen LogP contribution in [0.4, 0.5) is 10.1 Å². The summed E-state index contributed by atoms with van der Waals surface area (Å²) < 4.78 is 13.8. The second kappa shape index (κ2) is 5.37.